The van der Waals surface area contributed by atoms with Crippen LogP contribution in [-0.2, 0) is 6.54 Å². The predicted octanol–water partition coefficient (Wildman–Crippen LogP) is 2.84. The van der Waals surface area contributed by atoms with Crippen LogP contribution in [0.25, 0.3) is 5.69 Å². The predicted molar refractivity (Wildman–Crippen MR) is 93.2 cm³/mol. The van der Waals surface area contributed by atoms with Crippen molar-refractivity contribution in [3.8, 4) is 11.4 Å². The summed E-state index contributed by atoms with van der Waals surface area (Å²) in [6.45, 7) is 1.00. The number of nitrogens with zero attached hydrogens (tertiary/aromatic N) is 2. The number of ether oxygens (including phenoxy) is 1. The van der Waals surface area contributed by atoms with Crippen molar-refractivity contribution in [2.24, 2.45) is 0 Å². The van der Waals surface area contributed by atoms with Crippen molar-refractivity contribution in [3.63, 3.8) is 0 Å². The average molecular weight is 341 g/mol. The molecule has 2 aromatic carbocycles. The van der Waals surface area contributed by atoms with Crippen molar-refractivity contribution in [2.75, 3.05) is 13.7 Å². The summed E-state index contributed by atoms with van der Waals surface area (Å²) < 4.78 is 19.8. The minimum Gasteiger partial charge on any atom is -0.497 e. The Labute approximate surface area is 145 Å². The molecular formula is C19H20FN3O2. The minimum absolute atomic E-state index is 0.273. The molecule has 0 fully saturated rings. The lowest BCUT2D eigenvalue weighted by molar-refractivity contribution is 0.174. The van der Waals surface area contributed by atoms with Crippen molar-refractivity contribution in [1.29, 1.82) is 0 Å². The fourth-order valence-corrected chi connectivity index (χ4v) is 2.48. The van der Waals surface area contributed by atoms with E-state index in [1.165, 1.54) is 12.1 Å². The number of aromatic nitrogens is 2. The molecule has 1 unspecified atom stereocenters. The van der Waals surface area contributed by atoms with Crippen molar-refractivity contribution >= 4 is 0 Å². The quantitative estimate of drug-likeness (QED) is 0.694. The van der Waals surface area contributed by atoms with E-state index < -0.39 is 6.10 Å². The SMILES string of the molecule is COc1ccc(C(O)CNCc2cnn(-c3ccc(F)cc3)c2)cc1. The number of aliphatic hydroxyl groups is 1. The second-order valence-electron chi connectivity index (χ2n) is 5.69. The third-order valence-electron chi connectivity index (χ3n) is 3.89. The molecule has 0 radical (unpaired) electrons. The molecule has 0 aliphatic heterocycles. The van der Waals surface area contributed by atoms with E-state index in [0.717, 1.165) is 22.6 Å². The first-order chi connectivity index (χ1) is 12.2. The van der Waals surface area contributed by atoms with Gasteiger partial charge >= 0.3 is 0 Å². The van der Waals surface area contributed by atoms with E-state index in [0.29, 0.717) is 13.1 Å². The minimum atomic E-state index is -0.599. The van der Waals surface area contributed by atoms with E-state index in [9.17, 15) is 9.50 Å². The Morgan fingerprint density at radius 3 is 2.56 bits per heavy atom. The molecule has 1 atom stereocenters. The second kappa shape index (κ2) is 7.92. The zero-order valence-corrected chi connectivity index (χ0v) is 13.9. The van der Waals surface area contributed by atoms with Crippen molar-refractivity contribution in [1.82, 2.24) is 15.1 Å². The number of hydrogen-bond acceptors (Lipinski definition) is 4. The van der Waals surface area contributed by atoms with Gasteiger partial charge in [-0.1, -0.05) is 12.1 Å². The van der Waals surface area contributed by atoms with Crippen molar-refractivity contribution in [2.45, 2.75) is 12.6 Å². The summed E-state index contributed by atoms with van der Waals surface area (Å²) in [5.41, 5.74) is 2.60. The van der Waals surface area contributed by atoms with Crippen LogP contribution >= 0.6 is 0 Å². The van der Waals surface area contributed by atoms with Gasteiger partial charge in [0.25, 0.3) is 0 Å². The van der Waals surface area contributed by atoms with Crippen LogP contribution in [0.3, 0.4) is 0 Å². The highest BCUT2D eigenvalue weighted by molar-refractivity contribution is 5.31. The third kappa shape index (κ3) is 4.43. The van der Waals surface area contributed by atoms with Crippen LogP contribution in [0.2, 0.25) is 0 Å². The number of benzene rings is 2. The number of nitrogens with one attached hydrogen (secondary N) is 1. The maximum Gasteiger partial charge on any atom is 0.123 e. The number of halogens is 1. The fourth-order valence-electron chi connectivity index (χ4n) is 2.48. The van der Waals surface area contributed by atoms with Crippen LogP contribution < -0.4 is 10.1 Å². The van der Waals surface area contributed by atoms with Gasteiger partial charge in [-0.25, -0.2) is 9.07 Å². The summed E-state index contributed by atoms with van der Waals surface area (Å²) in [5, 5.41) is 17.7. The molecule has 3 rings (SSSR count). The van der Waals surface area contributed by atoms with Crippen LogP contribution in [0.15, 0.2) is 60.9 Å². The first kappa shape index (κ1) is 17.1. The fraction of sp³-hybridized carbons (Fsp3) is 0.211. The lowest BCUT2D eigenvalue weighted by Gasteiger charge is -2.12. The van der Waals surface area contributed by atoms with Gasteiger partial charge in [0.05, 0.1) is 25.1 Å². The summed E-state index contributed by atoms with van der Waals surface area (Å²) in [4.78, 5) is 0. The van der Waals surface area contributed by atoms with Crippen molar-refractivity contribution < 1.29 is 14.2 Å². The average Bonchev–Trinajstić information content (AvgIpc) is 3.11. The zero-order valence-electron chi connectivity index (χ0n) is 13.9. The van der Waals surface area contributed by atoms with E-state index in [4.69, 9.17) is 4.74 Å². The molecule has 1 heterocycles. The first-order valence-electron chi connectivity index (χ1n) is 7.98. The Balaban J connectivity index is 1.52. The molecule has 0 amide bonds. The highest BCUT2D eigenvalue weighted by atomic mass is 19.1. The summed E-state index contributed by atoms with van der Waals surface area (Å²) in [5.74, 6) is 0.488. The van der Waals surface area contributed by atoms with Gasteiger partial charge in [0.1, 0.15) is 11.6 Å². The Morgan fingerprint density at radius 1 is 1.16 bits per heavy atom. The highest BCUT2D eigenvalue weighted by Gasteiger charge is 2.08. The first-order valence-corrected chi connectivity index (χ1v) is 7.98. The van der Waals surface area contributed by atoms with Crippen molar-refractivity contribution in [3.05, 3.63) is 77.9 Å². The zero-order chi connectivity index (χ0) is 17.6. The molecule has 0 saturated heterocycles. The number of methoxy groups -OCH3 is 1. The molecule has 2 N–H and O–H groups in total. The van der Waals surface area contributed by atoms with Crippen LogP contribution in [0.1, 0.15) is 17.2 Å². The summed E-state index contributed by atoms with van der Waals surface area (Å²) in [6.07, 6.45) is 3.02. The van der Waals surface area contributed by atoms with Gasteiger partial charge in [0.15, 0.2) is 0 Å². The highest BCUT2D eigenvalue weighted by Crippen LogP contribution is 2.17. The smallest absolute Gasteiger partial charge is 0.123 e. The van der Waals surface area contributed by atoms with Crippen LogP contribution in [0.4, 0.5) is 4.39 Å². The van der Waals surface area contributed by atoms with E-state index in [-0.39, 0.29) is 5.82 Å². The van der Waals surface area contributed by atoms with Gasteiger partial charge in [-0.15, -0.1) is 0 Å². The largest absolute Gasteiger partial charge is 0.497 e. The molecule has 0 saturated carbocycles. The van der Waals surface area contributed by atoms with Gasteiger partial charge in [-0.2, -0.15) is 5.10 Å². The topological polar surface area (TPSA) is 59.3 Å². The van der Waals surface area contributed by atoms with Gasteiger partial charge in [0, 0.05) is 24.8 Å². The van der Waals surface area contributed by atoms with Crippen LogP contribution in [-0.4, -0.2) is 28.5 Å². The summed E-state index contributed by atoms with van der Waals surface area (Å²) in [7, 11) is 1.61. The molecule has 5 nitrogen and oxygen atoms in total. The lowest BCUT2D eigenvalue weighted by atomic mass is 10.1. The molecule has 130 valence electrons. The number of aliphatic hydroxyl groups excluding tert-OH is 1. The second-order valence-corrected chi connectivity index (χ2v) is 5.69. The Hall–Kier alpha value is -2.70. The van der Waals surface area contributed by atoms with E-state index >= 15 is 0 Å². The number of rotatable bonds is 7. The maximum atomic E-state index is 13.0. The van der Waals surface area contributed by atoms with Crippen LogP contribution in [0, 0.1) is 5.82 Å². The Kier molecular flexibility index (Phi) is 5.42. The third-order valence-corrected chi connectivity index (χ3v) is 3.89. The lowest BCUT2D eigenvalue weighted by Crippen LogP contribution is -2.20. The molecule has 0 bridgehead atoms. The molecule has 6 heteroatoms. The normalized spacial score (nSPS) is 12.1. The maximum absolute atomic E-state index is 13.0. The molecule has 25 heavy (non-hydrogen) atoms. The van der Waals surface area contributed by atoms with E-state index in [1.807, 2.05) is 30.5 Å². The van der Waals surface area contributed by atoms with Crippen LogP contribution in [0.5, 0.6) is 5.75 Å². The standard InChI is InChI=1S/C19H20FN3O2/c1-25-18-8-2-15(3-9-18)19(24)12-21-10-14-11-22-23(13-14)17-6-4-16(20)5-7-17/h2-9,11,13,19,21,24H,10,12H2,1H3. The molecule has 0 spiro atoms. The van der Waals surface area contributed by atoms with Gasteiger partial charge in [-0.3, -0.25) is 0 Å². The summed E-state index contributed by atoms with van der Waals surface area (Å²) in [6, 6.07) is 13.5. The number of hydrogen-bond donors (Lipinski definition) is 2. The Bertz CT molecular complexity index is 800. The van der Waals surface area contributed by atoms with Gasteiger partial charge < -0.3 is 15.2 Å². The van der Waals surface area contributed by atoms with E-state index in [2.05, 4.69) is 10.4 Å². The van der Waals surface area contributed by atoms with E-state index in [1.54, 1.807) is 30.1 Å². The van der Waals surface area contributed by atoms with Gasteiger partial charge in [-0.05, 0) is 42.0 Å². The molecule has 3 aromatic rings. The Morgan fingerprint density at radius 2 is 1.88 bits per heavy atom. The van der Waals surface area contributed by atoms with Gasteiger partial charge in [0.2, 0.25) is 0 Å². The summed E-state index contributed by atoms with van der Waals surface area (Å²) >= 11 is 0. The monoisotopic (exact) mass is 341 g/mol. The molecule has 0 aliphatic rings. The molecule has 0 aliphatic carbocycles. The molecule has 1 aromatic heterocycles. The molecular weight excluding hydrogens is 321 g/mol.